The number of carbonyl (C=O) groups excluding carboxylic acids is 3. The van der Waals surface area contributed by atoms with Crippen LogP contribution in [0.25, 0.3) is 0 Å². The Morgan fingerprint density at radius 3 is 2.62 bits per heavy atom. The van der Waals surface area contributed by atoms with Crippen molar-refractivity contribution in [2.75, 3.05) is 26.1 Å². The highest BCUT2D eigenvalue weighted by molar-refractivity contribution is 7.17. The molecule has 1 aromatic carbocycles. The normalized spacial score (nSPS) is 19.2. The lowest BCUT2D eigenvalue weighted by atomic mass is 9.99. The summed E-state index contributed by atoms with van der Waals surface area (Å²) >= 11 is 1.26. The van der Waals surface area contributed by atoms with Gasteiger partial charge in [-0.2, -0.15) is 0 Å². The molecule has 0 radical (unpaired) electrons. The summed E-state index contributed by atoms with van der Waals surface area (Å²) in [6.45, 7) is 0.0479. The van der Waals surface area contributed by atoms with Crippen molar-refractivity contribution in [1.82, 2.24) is 0 Å². The minimum Gasteiger partial charge on any atom is -0.485 e. The van der Waals surface area contributed by atoms with Crippen molar-refractivity contribution in [3.8, 4) is 11.5 Å². The predicted octanol–water partition coefficient (Wildman–Crippen LogP) is 2.52. The maximum absolute atomic E-state index is 12.8. The first-order valence-corrected chi connectivity index (χ1v) is 9.86. The number of esters is 2. The number of para-hydroxylation sites is 2. The van der Waals surface area contributed by atoms with E-state index in [1.807, 2.05) is 6.07 Å². The zero-order valence-electron chi connectivity index (χ0n) is 15.9. The Balaban J connectivity index is 1.60. The standard InChI is InChI=1S/C20H19NO7S/c1-25-19(23)10-7-8-14-15(10)16(20(24)26-2)18(29-14)21-17(22)13-9-27-11-5-3-4-6-12(11)28-13/h3-6,10,13H,7-9H2,1-2H3,(H,21,22)/t10-,13+/m0/s1. The van der Waals surface area contributed by atoms with Crippen LogP contribution in [-0.4, -0.2) is 44.8 Å². The second kappa shape index (κ2) is 7.75. The molecular formula is C20H19NO7S. The number of rotatable bonds is 4. The average molecular weight is 417 g/mol. The maximum atomic E-state index is 12.8. The first kappa shape index (κ1) is 19.3. The number of methoxy groups -OCH3 is 2. The molecule has 0 spiro atoms. The Bertz CT molecular complexity index is 983. The molecule has 1 aromatic heterocycles. The summed E-state index contributed by atoms with van der Waals surface area (Å²) in [7, 11) is 2.57. The van der Waals surface area contributed by atoms with Crippen molar-refractivity contribution in [1.29, 1.82) is 0 Å². The van der Waals surface area contributed by atoms with Crippen LogP contribution >= 0.6 is 11.3 Å². The summed E-state index contributed by atoms with van der Waals surface area (Å²) in [4.78, 5) is 38.2. The number of anilines is 1. The van der Waals surface area contributed by atoms with Crippen LogP contribution in [0.15, 0.2) is 24.3 Å². The van der Waals surface area contributed by atoms with Crippen LogP contribution in [-0.2, 0) is 25.5 Å². The molecule has 1 aliphatic heterocycles. The molecule has 1 aliphatic carbocycles. The Kier molecular flexibility index (Phi) is 5.14. The van der Waals surface area contributed by atoms with Crippen LogP contribution < -0.4 is 14.8 Å². The fourth-order valence-corrected chi connectivity index (χ4v) is 4.84. The van der Waals surface area contributed by atoms with Gasteiger partial charge in [0, 0.05) is 4.88 Å². The molecule has 0 unspecified atom stereocenters. The van der Waals surface area contributed by atoms with Crippen molar-refractivity contribution >= 4 is 34.2 Å². The Morgan fingerprint density at radius 1 is 1.14 bits per heavy atom. The van der Waals surface area contributed by atoms with Gasteiger partial charge in [0.05, 0.1) is 25.7 Å². The third kappa shape index (κ3) is 3.42. The molecule has 0 saturated heterocycles. The van der Waals surface area contributed by atoms with Crippen molar-refractivity contribution in [2.24, 2.45) is 0 Å². The minimum atomic E-state index is -0.872. The summed E-state index contributed by atoms with van der Waals surface area (Å²) in [5, 5.41) is 3.09. The minimum absolute atomic E-state index is 0.0479. The molecule has 1 amide bonds. The molecule has 29 heavy (non-hydrogen) atoms. The average Bonchev–Trinajstić information content (AvgIpc) is 3.31. The fraction of sp³-hybridized carbons (Fsp3) is 0.350. The molecule has 2 atom stereocenters. The monoisotopic (exact) mass is 417 g/mol. The van der Waals surface area contributed by atoms with E-state index >= 15 is 0 Å². The van der Waals surface area contributed by atoms with Gasteiger partial charge in [-0.25, -0.2) is 4.79 Å². The highest BCUT2D eigenvalue weighted by Gasteiger charge is 2.39. The number of hydrogen-bond acceptors (Lipinski definition) is 8. The molecule has 2 aromatic rings. The lowest BCUT2D eigenvalue weighted by Gasteiger charge is -2.25. The summed E-state index contributed by atoms with van der Waals surface area (Å²) < 4.78 is 21.1. The first-order chi connectivity index (χ1) is 14.0. The molecule has 0 saturated carbocycles. The molecule has 0 fully saturated rings. The van der Waals surface area contributed by atoms with Gasteiger partial charge in [-0.15, -0.1) is 11.3 Å². The molecule has 2 aliphatic rings. The Hall–Kier alpha value is -3.07. The van der Waals surface area contributed by atoms with Gasteiger partial charge in [0.25, 0.3) is 5.91 Å². The van der Waals surface area contributed by atoms with Crippen LogP contribution in [0.5, 0.6) is 11.5 Å². The zero-order valence-corrected chi connectivity index (χ0v) is 16.7. The van der Waals surface area contributed by atoms with E-state index in [0.717, 1.165) is 4.88 Å². The molecule has 0 bridgehead atoms. The van der Waals surface area contributed by atoms with Crippen LogP contribution in [0.2, 0.25) is 0 Å². The number of hydrogen-bond donors (Lipinski definition) is 1. The number of ether oxygens (including phenoxy) is 4. The van der Waals surface area contributed by atoms with E-state index in [4.69, 9.17) is 18.9 Å². The molecule has 4 rings (SSSR count). The van der Waals surface area contributed by atoms with E-state index in [0.29, 0.717) is 34.9 Å². The van der Waals surface area contributed by atoms with Gasteiger partial charge in [0.1, 0.15) is 11.6 Å². The van der Waals surface area contributed by atoms with Crippen LogP contribution in [0, 0.1) is 0 Å². The van der Waals surface area contributed by atoms with E-state index in [2.05, 4.69) is 5.32 Å². The lowest BCUT2D eigenvalue weighted by molar-refractivity contribution is -0.142. The molecule has 2 heterocycles. The van der Waals surface area contributed by atoms with Gasteiger partial charge in [0.2, 0.25) is 6.10 Å². The summed E-state index contributed by atoms with van der Waals surface area (Å²) in [5.74, 6) is -0.967. The zero-order chi connectivity index (χ0) is 20.5. The number of thiophene rings is 1. The van der Waals surface area contributed by atoms with E-state index in [1.165, 1.54) is 25.6 Å². The van der Waals surface area contributed by atoms with Gasteiger partial charge in [-0.3, -0.25) is 9.59 Å². The number of aryl methyl sites for hydroxylation is 1. The Morgan fingerprint density at radius 2 is 1.90 bits per heavy atom. The van der Waals surface area contributed by atoms with Crippen molar-refractivity contribution in [2.45, 2.75) is 24.9 Å². The third-order valence-electron chi connectivity index (χ3n) is 4.94. The van der Waals surface area contributed by atoms with Gasteiger partial charge in [-0.05, 0) is 30.5 Å². The van der Waals surface area contributed by atoms with Crippen LogP contribution in [0.3, 0.4) is 0 Å². The Labute approximate surface area is 170 Å². The van der Waals surface area contributed by atoms with Crippen LogP contribution in [0.1, 0.15) is 33.1 Å². The highest BCUT2D eigenvalue weighted by atomic mass is 32.1. The summed E-state index contributed by atoms with van der Waals surface area (Å²) in [6, 6.07) is 7.08. The lowest BCUT2D eigenvalue weighted by Crippen LogP contribution is -2.40. The predicted molar refractivity (Wildman–Crippen MR) is 104 cm³/mol. The van der Waals surface area contributed by atoms with Crippen LogP contribution in [0.4, 0.5) is 5.00 Å². The highest BCUT2D eigenvalue weighted by Crippen LogP contribution is 2.46. The number of carbonyl (C=O) groups is 3. The smallest absolute Gasteiger partial charge is 0.341 e. The fourth-order valence-electron chi connectivity index (χ4n) is 3.58. The van der Waals surface area contributed by atoms with E-state index in [-0.39, 0.29) is 12.2 Å². The molecule has 1 N–H and O–H groups in total. The molecule has 8 nitrogen and oxygen atoms in total. The third-order valence-corrected chi connectivity index (χ3v) is 6.12. The van der Waals surface area contributed by atoms with E-state index in [9.17, 15) is 14.4 Å². The second-order valence-electron chi connectivity index (χ2n) is 6.60. The van der Waals surface area contributed by atoms with Crippen molar-refractivity contribution in [3.63, 3.8) is 0 Å². The van der Waals surface area contributed by atoms with Gasteiger partial charge < -0.3 is 24.3 Å². The van der Waals surface area contributed by atoms with Gasteiger partial charge in [0.15, 0.2) is 11.5 Å². The van der Waals surface area contributed by atoms with Crippen molar-refractivity contribution in [3.05, 3.63) is 40.3 Å². The number of benzene rings is 1. The van der Waals surface area contributed by atoms with E-state index < -0.39 is 29.9 Å². The largest absolute Gasteiger partial charge is 0.485 e. The van der Waals surface area contributed by atoms with E-state index in [1.54, 1.807) is 18.2 Å². The summed E-state index contributed by atoms with van der Waals surface area (Å²) in [5.41, 5.74) is 0.779. The second-order valence-corrected chi connectivity index (χ2v) is 7.71. The molecule has 9 heteroatoms. The number of nitrogens with one attached hydrogen (secondary N) is 1. The SMILES string of the molecule is COC(=O)c1c(NC(=O)[C@H]2COc3ccccc3O2)sc2c1[C@@H](C(=O)OC)CC2. The quantitative estimate of drug-likeness (QED) is 0.763. The van der Waals surface area contributed by atoms with Gasteiger partial charge >= 0.3 is 11.9 Å². The number of fused-ring (bicyclic) bond motifs is 2. The topological polar surface area (TPSA) is 100 Å². The molecular weight excluding hydrogens is 398 g/mol. The van der Waals surface area contributed by atoms with Gasteiger partial charge in [-0.1, -0.05) is 12.1 Å². The van der Waals surface area contributed by atoms with Crippen molar-refractivity contribution < 1.29 is 33.3 Å². The number of amides is 1. The molecule has 152 valence electrons. The maximum Gasteiger partial charge on any atom is 0.341 e. The first-order valence-electron chi connectivity index (χ1n) is 9.04. The summed E-state index contributed by atoms with van der Waals surface area (Å²) in [6.07, 6.45) is 0.307.